The molecule has 37 heavy (non-hydrogen) atoms. The maximum Gasteiger partial charge on any atom is 0.297 e. The molecule has 6 atom stereocenters. The number of hydrogen-bond acceptors (Lipinski definition) is 7. The van der Waals surface area contributed by atoms with E-state index >= 15 is 0 Å². The Kier molecular flexibility index (Phi) is 10.00. The number of piperidine rings is 1. The van der Waals surface area contributed by atoms with Gasteiger partial charge in [-0.25, -0.2) is 0 Å². The van der Waals surface area contributed by atoms with E-state index in [9.17, 15) is 13.5 Å². The lowest BCUT2D eigenvalue weighted by Crippen LogP contribution is -2.56. The summed E-state index contributed by atoms with van der Waals surface area (Å²) >= 11 is 0. The Morgan fingerprint density at radius 1 is 1.11 bits per heavy atom. The standard InChI is InChI=1S/C29H44N2O5S/c1-4-31(5-2)24-14-11-22(12-15-24)27-18-13-23-7-6-8-28(29(23)30-27)36-25(19-32)20-35-37(33,34)26-16-9-21(3)10-17-26/h6,8-11,16-17,23-25,27-30,32H,4-5,7,12-15,18-20H2,1-3H3/t23-,24?,25?,27?,28-,29?/m0/s1. The minimum atomic E-state index is -3.92. The highest BCUT2D eigenvalue weighted by Crippen LogP contribution is 2.35. The van der Waals surface area contributed by atoms with Gasteiger partial charge < -0.3 is 20.1 Å². The molecule has 1 aromatic rings. The van der Waals surface area contributed by atoms with Gasteiger partial charge in [0.2, 0.25) is 0 Å². The average Bonchev–Trinajstić information content (AvgIpc) is 2.92. The molecule has 4 unspecified atom stereocenters. The van der Waals surface area contributed by atoms with Crippen LogP contribution in [0, 0.1) is 12.8 Å². The van der Waals surface area contributed by atoms with Gasteiger partial charge in [0, 0.05) is 18.1 Å². The fraction of sp³-hybridized carbons (Fsp3) is 0.655. The third-order valence-corrected chi connectivity index (χ3v) is 9.61. The maximum atomic E-state index is 12.6. The van der Waals surface area contributed by atoms with E-state index in [1.807, 2.05) is 6.92 Å². The Bertz CT molecular complexity index is 1030. The van der Waals surface area contributed by atoms with Crippen molar-refractivity contribution in [3.8, 4) is 0 Å². The first-order chi connectivity index (χ1) is 17.8. The molecule has 2 N–H and O–H groups in total. The van der Waals surface area contributed by atoms with E-state index in [-0.39, 0.29) is 30.3 Å². The van der Waals surface area contributed by atoms with Crippen LogP contribution in [-0.4, -0.2) is 75.1 Å². The van der Waals surface area contributed by atoms with Crippen LogP contribution in [0.4, 0.5) is 0 Å². The molecule has 8 heteroatoms. The minimum Gasteiger partial charge on any atom is -0.394 e. The van der Waals surface area contributed by atoms with Crippen LogP contribution in [0.25, 0.3) is 0 Å². The zero-order valence-electron chi connectivity index (χ0n) is 22.5. The van der Waals surface area contributed by atoms with Gasteiger partial charge >= 0.3 is 0 Å². The molecule has 206 valence electrons. The highest BCUT2D eigenvalue weighted by Gasteiger charge is 2.39. The summed E-state index contributed by atoms with van der Waals surface area (Å²) in [6.07, 6.45) is 12.4. The van der Waals surface area contributed by atoms with Gasteiger partial charge in [0.25, 0.3) is 10.1 Å². The molecule has 1 saturated heterocycles. The van der Waals surface area contributed by atoms with Gasteiger partial charge in [0.05, 0.1) is 24.2 Å². The zero-order chi connectivity index (χ0) is 26.4. The zero-order valence-corrected chi connectivity index (χ0v) is 23.3. The number of nitrogens with one attached hydrogen (secondary N) is 1. The predicted octanol–water partition coefficient (Wildman–Crippen LogP) is 3.96. The quantitative estimate of drug-likeness (QED) is 0.329. The smallest absolute Gasteiger partial charge is 0.297 e. The molecule has 1 aromatic carbocycles. The molecule has 1 fully saturated rings. The SMILES string of the molecule is CCN(CC)C1CC=C(C2CC[C@@H]3CC=C[C@H](OC(CO)COS(=O)(=O)c4ccc(C)cc4)C3N2)CC1. The number of aliphatic hydroxyl groups is 1. The highest BCUT2D eigenvalue weighted by molar-refractivity contribution is 7.86. The molecule has 0 saturated carbocycles. The van der Waals surface area contributed by atoms with Crippen molar-refractivity contribution in [3.05, 3.63) is 53.6 Å². The van der Waals surface area contributed by atoms with Crippen LogP contribution in [0.15, 0.2) is 53.0 Å². The monoisotopic (exact) mass is 532 g/mol. The van der Waals surface area contributed by atoms with Crippen molar-refractivity contribution >= 4 is 10.1 Å². The number of rotatable bonds is 11. The Hall–Kier alpha value is -1.55. The first-order valence-electron chi connectivity index (χ1n) is 13.9. The number of allylic oxidation sites excluding steroid dienone is 1. The molecule has 2 aliphatic carbocycles. The number of aliphatic hydroxyl groups excluding tert-OH is 1. The number of benzene rings is 1. The Labute approximate surface area is 223 Å². The second-order valence-corrected chi connectivity index (χ2v) is 12.2. The molecule has 3 aliphatic rings. The van der Waals surface area contributed by atoms with Gasteiger partial charge in [0.15, 0.2) is 0 Å². The number of nitrogens with zero attached hydrogens (tertiary/aromatic N) is 1. The molecule has 0 amide bonds. The van der Waals surface area contributed by atoms with E-state index in [0.29, 0.717) is 18.0 Å². The Balaban J connectivity index is 1.36. The van der Waals surface area contributed by atoms with Crippen molar-refractivity contribution in [2.75, 3.05) is 26.3 Å². The summed E-state index contributed by atoms with van der Waals surface area (Å²) in [5.41, 5.74) is 2.49. The lowest BCUT2D eigenvalue weighted by Gasteiger charge is -2.44. The fourth-order valence-corrected chi connectivity index (χ4v) is 7.03. The van der Waals surface area contributed by atoms with E-state index in [1.165, 1.54) is 24.1 Å². The van der Waals surface area contributed by atoms with Crippen molar-refractivity contribution in [1.29, 1.82) is 0 Å². The van der Waals surface area contributed by atoms with E-state index in [4.69, 9.17) is 8.92 Å². The van der Waals surface area contributed by atoms with Gasteiger partial charge in [-0.1, -0.05) is 55.3 Å². The van der Waals surface area contributed by atoms with Crippen LogP contribution in [0.1, 0.15) is 57.9 Å². The minimum absolute atomic E-state index is 0.105. The van der Waals surface area contributed by atoms with Crippen LogP contribution < -0.4 is 5.32 Å². The number of fused-ring (bicyclic) bond motifs is 1. The summed E-state index contributed by atoms with van der Waals surface area (Å²) in [6, 6.07) is 7.66. The summed E-state index contributed by atoms with van der Waals surface area (Å²) < 4.78 is 36.8. The Morgan fingerprint density at radius 2 is 1.86 bits per heavy atom. The molecule has 0 aromatic heterocycles. The van der Waals surface area contributed by atoms with E-state index in [2.05, 4.69) is 42.3 Å². The summed E-state index contributed by atoms with van der Waals surface area (Å²) in [7, 11) is -3.92. The normalized spacial score (nSPS) is 29.1. The van der Waals surface area contributed by atoms with Crippen LogP contribution in [0.5, 0.6) is 0 Å². The number of aryl methyl sites for hydroxylation is 1. The third-order valence-electron chi connectivity index (χ3n) is 8.31. The molecule has 0 spiro atoms. The van der Waals surface area contributed by atoms with Gasteiger partial charge in [0.1, 0.15) is 6.10 Å². The molecule has 1 heterocycles. The van der Waals surface area contributed by atoms with Crippen LogP contribution in [0.2, 0.25) is 0 Å². The van der Waals surface area contributed by atoms with Crippen molar-refractivity contribution in [2.24, 2.45) is 5.92 Å². The third kappa shape index (κ3) is 7.11. The Morgan fingerprint density at radius 3 is 2.51 bits per heavy atom. The predicted molar refractivity (Wildman–Crippen MR) is 146 cm³/mol. The largest absolute Gasteiger partial charge is 0.394 e. The molecule has 0 radical (unpaired) electrons. The molecule has 7 nitrogen and oxygen atoms in total. The summed E-state index contributed by atoms with van der Waals surface area (Å²) in [6.45, 7) is 8.04. The second-order valence-electron chi connectivity index (χ2n) is 10.6. The van der Waals surface area contributed by atoms with E-state index in [1.54, 1.807) is 12.1 Å². The van der Waals surface area contributed by atoms with Gasteiger partial charge in [-0.3, -0.25) is 4.18 Å². The number of ether oxygens (including phenoxy) is 1. The van der Waals surface area contributed by atoms with Crippen molar-refractivity contribution in [3.63, 3.8) is 0 Å². The van der Waals surface area contributed by atoms with Gasteiger partial charge in [-0.2, -0.15) is 8.42 Å². The van der Waals surface area contributed by atoms with Crippen molar-refractivity contribution in [2.45, 2.75) is 94.5 Å². The van der Waals surface area contributed by atoms with E-state index < -0.39 is 16.2 Å². The fourth-order valence-electron chi connectivity index (χ4n) is 6.09. The van der Waals surface area contributed by atoms with Crippen molar-refractivity contribution < 1.29 is 22.4 Å². The van der Waals surface area contributed by atoms with Crippen LogP contribution >= 0.6 is 0 Å². The van der Waals surface area contributed by atoms with E-state index in [0.717, 1.165) is 50.8 Å². The summed E-state index contributed by atoms with van der Waals surface area (Å²) in [4.78, 5) is 2.66. The number of hydrogen-bond donors (Lipinski definition) is 2. The molecule has 1 aliphatic heterocycles. The summed E-state index contributed by atoms with van der Waals surface area (Å²) in [5, 5.41) is 13.8. The lowest BCUT2D eigenvalue weighted by atomic mass is 9.76. The van der Waals surface area contributed by atoms with Gasteiger partial charge in [-0.15, -0.1) is 0 Å². The second kappa shape index (κ2) is 13.0. The first-order valence-corrected chi connectivity index (χ1v) is 15.3. The molecule has 4 rings (SSSR count). The average molecular weight is 533 g/mol. The molecular weight excluding hydrogens is 488 g/mol. The summed E-state index contributed by atoms with van der Waals surface area (Å²) in [5.74, 6) is 0.468. The van der Waals surface area contributed by atoms with Crippen LogP contribution in [-0.2, 0) is 19.0 Å². The first kappa shape index (κ1) is 28.5. The highest BCUT2D eigenvalue weighted by atomic mass is 32.2. The maximum absolute atomic E-state index is 12.6. The van der Waals surface area contributed by atoms with Crippen LogP contribution in [0.3, 0.4) is 0 Å². The molecular formula is C29H44N2O5S. The molecule has 0 bridgehead atoms. The lowest BCUT2D eigenvalue weighted by molar-refractivity contribution is -0.0661. The van der Waals surface area contributed by atoms with Crippen molar-refractivity contribution in [1.82, 2.24) is 10.2 Å². The topological polar surface area (TPSA) is 88.1 Å². The van der Waals surface area contributed by atoms with Gasteiger partial charge in [-0.05, 0) is 76.6 Å².